The maximum atomic E-state index is 12.0. The van der Waals surface area contributed by atoms with Crippen LogP contribution in [0.25, 0.3) is 0 Å². The Morgan fingerprint density at radius 1 is 1.12 bits per heavy atom. The van der Waals surface area contributed by atoms with Gasteiger partial charge in [0.05, 0.1) is 18.6 Å². The van der Waals surface area contributed by atoms with Crippen LogP contribution in [0.2, 0.25) is 0 Å². The lowest BCUT2D eigenvalue weighted by Crippen LogP contribution is -2.29. The number of nitrogens with one attached hydrogen (secondary N) is 1. The van der Waals surface area contributed by atoms with Crippen LogP contribution in [0, 0.1) is 0 Å². The van der Waals surface area contributed by atoms with Crippen LogP contribution in [0.4, 0.5) is 5.69 Å². The Morgan fingerprint density at radius 2 is 1.83 bits per heavy atom. The molecule has 0 fully saturated rings. The number of benzene rings is 2. The second kappa shape index (κ2) is 10.1. The van der Waals surface area contributed by atoms with E-state index in [1.54, 1.807) is 18.9 Å². The molecule has 0 aliphatic carbocycles. The van der Waals surface area contributed by atoms with Crippen molar-refractivity contribution in [3.05, 3.63) is 60.2 Å². The third-order valence-electron chi connectivity index (χ3n) is 3.09. The monoisotopic (exact) mass is 360 g/mol. The number of aliphatic imine (C=N–C) groups is 1. The van der Waals surface area contributed by atoms with Crippen LogP contribution in [-0.4, -0.2) is 30.2 Å². The van der Waals surface area contributed by atoms with Crippen molar-refractivity contribution in [3.8, 4) is 5.75 Å². The van der Waals surface area contributed by atoms with Crippen molar-refractivity contribution in [2.45, 2.75) is 5.75 Å². The second-order valence-corrected chi connectivity index (χ2v) is 6.63. The van der Waals surface area contributed by atoms with E-state index in [4.69, 9.17) is 4.74 Å². The summed E-state index contributed by atoms with van der Waals surface area (Å²) in [5.74, 6) is 1.96. The first kappa shape index (κ1) is 18.4. The van der Waals surface area contributed by atoms with E-state index in [-0.39, 0.29) is 5.91 Å². The lowest BCUT2D eigenvalue weighted by Gasteiger charge is -2.07. The van der Waals surface area contributed by atoms with Gasteiger partial charge in [0.1, 0.15) is 5.75 Å². The van der Waals surface area contributed by atoms with E-state index in [0.717, 1.165) is 22.8 Å². The minimum atomic E-state index is -0.0439. The third-order valence-corrected chi connectivity index (χ3v) is 4.67. The van der Waals surface area contributed by atoms with E-state index in [0.29, 0.717) is 10.9 Å². The quantitative estimate of drug-likeness (QED) is 0.622. The number of carbonyl (C=O) groups excluding carboxylic acids is 1. The number of hydrogen-bond donors (Lipinski definition) is 1. The number of methoxy groups -OCH3 is 1. The third kappa shape index (κ3) is 6.29. The molecule has 0 bridgehead atoms. The molecule has 0 radical (unpaired) electrons. The SMILES string of the molecule is COc1ccc(CSCC(=O)NC(=Nc2ccccc2)SC)cc1. The molecule has 126 valence electrons. The van der Waals surface area contributed by atoms with E-state index >= 15 is 0 Å². The number of para-hydroxylation sites is 1. The summed E-state index contributed by atoms with van der Waals surface area (Å²) in [6.07, 6.45) is 1.90. The van der Waals surface area contributed by atoms with Gasteiger partial charge >= 0.3 is 0 Å². The molecule has 0 saturated heterocycles. The molecule has 0 aliphatic rings. The summed E-state index contributed by atoms with van der Waals surface area (Å²) in [6.45, 7) is 0. The van der Waals surface area contributed by atoms with Gasteiger partial charge in [-0.3, -0.25) is 4.79 Å². The van der Waals surface area contributed by atoms with Crippen LogP contribution >= 0.6 is 23.5 Å². The molecule has 24 heavy (non-hydrogen) atoms. The zero-order valence-corrected chi connectivity index (χ0v) is 15.3. The van der Waals surface area contributed by atoms with Crippen LogP contribution in [-0.2, 0) is 10.5 Å². The number of ether oxygens (including phenoxy) is 1. The molecule has 4 nitrogen and oxygen atoms in total. The van der Waals surface area contributed by atoms with Gasteiger partial charge in [0, 0.05) is 5.75 Å². The van der Waals surface area contributed by atoms with Crippen LogP contribution in [0.1, 0.15) is 5.56 Å². The van der Waals surface area contributed by atoms with Crippen LogP contribution in [0.3, 0.4) is 0 Å². The molecule has 1 amide bonds. The highest BCUT2D eigenvalue weighted by Gasteiger charge is 2.06. The summed E-state index contributed by atoms with van der Waals surface area (Å²) >= 11 is 2.99. The average molecular weight is 361 g/mol. The Labute approximate surface area is 151 Å². The average Bonchev–Trinajstić information content (AvgIpc) is 2.62. The smallest absolute Gasteiger partial charge is 0.235 e. The first-order chi connectivity index (χ1) is 11.7. The molecule has 2 aromatic carbocycles. The fraction of sp³-hybridized carbons (Fsp3) is 0.222. The maximum Gasteiger partial charge on any atom is 0.235 e. The van der Waals surface area contributed by atoms with Gasteiger partial charge in [0.25, 0.3) is 0 Å². The Hall–Kier alpha value is -1.92. The number of nitrogens with zero attached hydrogens (tertiary/aromatic N) is 1. The van der Waals surface area contributed by atoms with Gasteiger partial charge in [0.2, 0.25) is 5.91 Å². The van der Waals surface area contributed by atoms with Crippen LogP contribution < -0.4 is 10.1 Å². The van der Waals surface area contributed by atoms with Gasteiger partial charge in [0.15, 0.2) is 5.17 Å². The molecule has 0 unspecified atom stereocenters. The molecule has 0 aliphatic heterocycles. The first-order valence-corrected chi connectivity index (χ1v) is 9.77. The Kier molecular flexibility index (Phi) is 7.71. The van der Waals surface area contributed by atoms with E-state index in [1.807, 2.05) is 60.9 Å². The van der Waals surface area contributed by atoms with Crippen LogP contribution in [0.15, 0.2) is 59.6 Å². The fourth-order valence-electron chi connectivity index (χ4n) is 1.88. The molecule has 2 rings (SSSR count). The molecular weight excluding hydrogens is 340 g/mol. The standard InChI is InChI=1S/C18H20N2O2S2/c1-22-16-10-8-14(9-11-16)12-24-13-17(21)20-18(23-2)19-15-6-4-3-5-7-15/h3-11H,12-13H2,1-2H3,(H,19,20,21). The van der Waals surface area contributed by atoms with Crippen molar-refractivity contribution in [1.82, 2.24) is 5.32 Å². The predicted molar refractivity (Wildman–Crippen MR) is 104 cm³/mol. The summed E-state index contributed by atoms with van der Waals surface area (Å²) in [7, 11) is 1.65. The summed E-state index contributed by atoms with van der Waals surface area (Å²) in [5.41, 5.74) is 1.99. The predicted octanol–water partition coefficient (Wildman–Crippen LogP) is 4.10. The maximum absolute atomic E-state index is 12.0. The topological polar surface area (TPSA) is 50.7 Å². The number of carbonyl (C=O) groups is 1. The lowest BCUT2D eigenvalue weighted by atomic mass is 10.2. The fourth-order valence-corrected chi connectivity index (χ4v) is 3.08. The summed E-state index contributed by atoms with van der Waals surface area (Å²) in [6, 6.07) is 17.4. The van der Waals surface area contributed by atoms with Crippen molar-refractivity contribution in [1.29, 1.82) is 0 Å². The normalized spacial score (nSPS) is 11.2. The van der Waals surface area contributed by atoms with Gasteiger partial charge in [-0.2, -0.15) is 0 Å². The van der Waals surface area contributed by atoms with E-state index < -0.39 is 0 Å². The highest BCUT2D eigenvalue weighted by atomic mass is 32.2. The second-order valence-electron chi connectivity index (χ2n) is 4.85. The largest absolute Gasteiger partial charge is 0.497 e. The van der Waals surface area contributed by atoms with Crippen molar-refractivity contribution >= 4 is 40.3 Å². The minimum Gasteiger partial charge on any atom is -0.497 e. The number of amidine groups is 1. The zero-order valence-electron chi connectivity index (χ0n) is 13.7. The summed E-state index contributed by atoms with van der Waals surface area (Å²) in [4.78, 5) is 16.5. The van der Waals surface area contributed by atoms with E-state index in [9.17, 15) is 4.79 Å². The molecule has 6 heteroatoms. The Morgan fingerprint density at radius 3 is 2.46 bits per heavy atom. The molecule has 0 saturated carbocycles. The summed E-state index contributed by atoms with van der Waals surface area (Å²) < 4.78 is 5.13. The number of rotatable bonds is 6. The van der Waals surface area contributed by atoms with E-state index in [1.165, 1.54) is 11.8 Å². The zero-order chi connectivity index (χ0) is 17.2. The van der Waals surface area contributed by atoms with E-state index in [2.05, 4.69) is 10.3 Å². The van der Waals surface area contributed by atoms with Crippen molar-refractivity contribution in [2.24, 2.45) is 4.99 Å². The number of thioether (sulfide) groups is 2. The number of amides is 1. The van der Waals surface area contributed by atoms with Crippen molar-refractivity contribution < 1.29 is 9.53 Å². The lowest BCUT2D eigenvalue weighted by molar-refractivity contribution is -0.117. The molecule has 0 aromatic heterocycles. The Bertz CT molecular complexity index is 673. The molecule has 0 spiro atoms. The first-order valence-electron chi connectivity index (χ1n) is 7.39. The molecular formula is C18H20N2O2S2. The molecule has 2 aromatic rings. The van der Waals surface area contributed by atoms with Gasteiger partial charge in [-0.1, -0.05) is 42.1 Å². The van der Waals surface area contributed by atoms with Crippen LogP contribution in [0.5, 0.6) is 5.75 Å². The van der Waals surface area contributed by atoms with Gasteiger partial charge in [-0.05, 0) is 36.1 Å². The van der Waals surface area contributed by atoms with Gasteiger partial charge in [-0.25, -0.2) is 4.99 Å². The summed E-state index contributed by atoms with van der Waals surface area (Å²) in [5, 5.41) is 3.46. The highest BCUT2D eigenvalue weighted by Crippen LogP contribution is 2.17. The molecule has 0 heterocycles. The van der Waals surface area contributed by atoms with Crippen molar-refractivity contribution in [3.63, 3.8) is 0 Å². The van der Waals surface area contributed by atoms with Gasteiger partial charge < -0.3 is 10.1 Å². The molecule has 1 N–H and O–H groups in total. The number of hydrogen-bond acceptors (Lipinski definition) is 5. The minimum absolute atomic E-state index is 0.0439. The van der Waals surface area contributed by atoms with Crippen molar-refractivity contribution in [2.75, 3.05) is 19.1 Å². The Balaban J connectivity index is 1.80. The van der Waals surface area contributed by atoms with Gasteiger partial charge in [-0.15, -0.1) is 11.8 Å². The highest BCUT2D eigenvalue weighted by molar-refractivity contribution is 8.13. The molecule has 0 atom stereocenters.